The second-order valence-corrected chi connectivity index (χ2v) is 8.41. The van der Waals surface area contributed by atoms with Crippen LogP contribution in [0.4, 0.5) is 13.2 Å². The Morgan fingerprint density at radius 3 is 2.12 bits per heavy atom. The first-order chi connectivity index (χ1) is 10.8. The van der Waals surface area contributed by atoms with Crippen LogP contribution in [-0.2, 0) is 6.42 Å². The Morgan fingerprint density at radius 2 is 1.71 bits per heavy atom. The van der Waals surface area contributed by atoms with Gasteiger partial charge in [0, 0.05) is 24.2 Å². The second kappa shape index (κ2) is 7.72. The third-order valence-corrected chi connectivity index (χ3v) is 3.27. The molecule has 3 nitrogen and oxygen atoms in total. The first-order valence-electron chi connectivity index (χ1n) is 8.16. The summed E-state index contributed by atoms with van der Waals surface area (Å²) in [6.45, 7) is 12.1. The molecule has 1 heterocycles. The summed E-state index contributed by atoms with van der Waals surface area (Å²) in [4.78, 5) is 4.12. The number of alkyl halides is 3. The molecule has 0 aliphatic carbocycles. The van der Waals surface area contributed by atoms with E-state index in [1.54, 1.807) is 12.1 Å². The number of hydrogen-bond donors (Lipinski definition) is 1. The van der Waals surface area contributed by atoms with E-state index in [0.717, 1.165) is 0 Å². The number of halogens is 3. The predicted molar refractivity (Wildman–Crippen MR) is 90.2 cm³/mol. The monoisotopic (exact) mass is 346 g/mol. The molecule has 0 saturated carbocycles. The van der Waals surface area contributed by atoms with Crippen LogP contribution in [0.25, 0.3) is 0 Å². The molecule has 0 aliphatic heterocycles. The Balaban J connectivity index is 2.70. The maximum atomic E-state index is 13.2. The van der Waals surface area contributed by atoms with E-state index in [9.17, 15) is 13.2 Å². The van der Waals surface area contributed by atoms with Gasteiger partial charge in [-0.1, -0.05) is 20.8 Å². The van der Waals surface area contributed by atoms with E-state index >= 15 is 0 Å². The smallest absolute Gasteiger partial charge is 0.393 e. The molecule has 0 fully saturated rings. The Hall–Kier alpha value is -1.30. The SMILES string of the molecule is CC(C)(C)COc1ccc(C[C@@H](CNC(C)(C)C)C(F)(F)F)nc1. The van der Waals surface area contributed by atoms with Gasteiger partial charge in [0.25, 0.3) is 0 Å². The van der Waals surface area contributed by atoms with E-state index in [0.29, 0.717) is 18.1 Å². The van der Waals surface area contributed by atoms with Crippen LogP contribution in [0.5, 0.6) is 5.75 Å². The molecular formula is C18H29F3N2O. The summed E-state index contributed by atoms with van der Waals surface area (Å²) in [5.41, 5.74) is 0.0661. The van der Waals surface area contributed by atoms with E-state index < -0.39 is 12.1 Å². The van der Waals surface area contributed by atoms with Crippen molar-refractivity contribution in [1.29, 1.82) is 0 Å². The molecule has 0 saturated heterocycles. The third kappa shape index (κ3) is 8.52. The van der Waals surface area contributed by atoms with Crippen molar-refractivity contribution >= 4 is 0 Å². The fraction of sp³-hybridized carbons (Fsp3) is 0.722. The van der Waals surface area contributed by atoms with Crippen LogP contribution < -0.4 is 10.1 Å². The fourth-order valence-corrected chi connectivity index (χ4v) is 1.90. The van der Waals surface area contributed by atoms with Gasteiger partial charge in [-0.25, -0.2) is 0 Å². The summed E-state index contributed by atoms with van der Waals surface area (Å²) >= 11 is 0. The minimum absolute atomic E-state index is 0.0126. The van der Waals surface area contributed by atoms with Gasteiger partial charge in [-0.3, -0.25) is 4.98 Å². The van der Waals surface area contributed by atoms with Gasteiger partial charge in [-0.05, 0) is 38.3 Å². The number of pyridine rings is 1. The minimum Gasteiger partial charge on any atom is -0.491 e. The van der Waals surface area contributed by atoms with Crippen LogP contribution >= 0.6 is 0 Å². The number of rotatable bonds is 6. The largest absolute Gasteiger partial charge is 0.491 e. The van der Waals surface area contributed by atoms with Crippen LogP contribution in [-0.4, -0.2) is 29.9 Å². The molecule has 0 unspecified atom stereocenters. The summed E-state index contributed by atoms with van der Waals surface area (Å²) in [7, 11) is 0. The number of aromatic nitrogens is 1. The topological polar surface area (TPSA) is 34.1 Å². The zero-order valence-electron chi connectivity index (χ0n) is 15.4. The van der Waals surface area contributed by atoms with Crippen molar-refractivity contribution < 1.29 is 17.9 Å². The molecule has 1 rings (SSSR count). The molecule has 0 amide bonds. The van der Waals surface area contributed by atoms with Gasteiger partial charge in [0.2, 0.25) is 0 Å². The summed E-state index contributed by atoms with van der Waals surface area (Å²) in [6.07, 6.45) is -2.92. The van der Waals surface area contributed by atoms with Crippen LogP contribution in [0.2, 0.25) is 0 Å². The van der Waals surface area contributed by atoms with Gasteiger partial charge in [0.05, 0.1) is 18.7 Å². The highest BCUT2D eigenvalue weighted by molar-refractivity contribution is 5.20. The summed E-state index contributed by atoms with van der Waals surface area (Å²) < 4.78 is 45.3. The van der Waals surface area contributed by atoms with Crippen molar-refractivity contribution in [3.63, 3.8) is 0 Å². The fourth-order valence-electron chi connectivity index (χ4n) is 1.90. The second-order valence-electron chi connectivity index (χ2n) is 8.41. The van der Waals surface area contributed by atoms with Gasteiger partial charge in [0.1, 0.15) is 5.75 Å². The van der Waals surface area contributed by atoms with Gasteiger partial charge >= 0.3 is 6.18 Å². The van der Waals surface area contributed by atoms with Gasteiger partial charge in [-0.2, -0.15) is 13.2 Å². The highest BCUT2D eigenvalue weighted by Crippen LogP contribution is 2.29. The molecule has 0 radical (unpaired) electrons. The molecule has 1 aromatic heterocycles. The molecule has 1 atom stereocenters. The summed E-state index contributed by atoms with van der Waals surface area (Å²) in [6, 6.07) is 3.28. The molecule has 138 valence electrons. The highest BCUT2D eigenvalue weighted by Gasteiger charge is 2.40. The van der Waals surface area contributed by atoms with E-state index in [1.165, 1.54) is 6.20 Å². The molecule has 1 aromatic rings. The maximum Gasteiger partial charge on any atom is 0.393 e. The van der Waals surface area contributed by atoms with Crippen molar-refractivity contribution in [1.82, 2.24) is 10.3 Å². The van der Waals surface area contributed by atoms with E-state index in [2.05, 4.69) is 10.3 Å². The van der Waals surface area contributed by atoms with Crippen LogP contribution in [0.1, 0.15) is 47.2 Å². The molecule has 1 N–H and O–H groups in total. The Morgan fingerprint density at radius 1 is 1.08 bits per heavy atom. The van der Waals surface area contributed by atoms with Gasteiger partial charge < -0.3 is 10.1 Å². The van der Waals surface area contributed by atoms with E-state index in [1.807, 2.05) is 41.5 Å². The van der Waals surface area contributed by atoms with Crippen LogP contribution in [0.15, 0.2) is 18.3 Å². The number of nitrogens with zero attached hydrogens (tertiary/aromatic N) is 1. The standard InChI is InChI=1S/C18H29F3N2O/c1-16(2,3)12-24-15-8-7-14(22-11-15)9-13(18(19,20)21)10-23-17(4,5)6/h7-8,11,13,23H,9-10,12H2,1-6H3/t13-/m0/s1. The van der Waals surface area contributed by atoms with Crippen LogP contribution in [0, 0.1) is 11.3 Å². The first-order valence-corrected chi connectivity index (χ1v) is 8.16. The molecule has 6 heteroatoms. The Kier molecular flexibility index (Phi) is 6.67. The third-order valence-electron chi connectivity index (χ3n) is 3.27. The average Bonchev–Trinajstić information content (AvgIpc) is 2.39. The molecule has 0 aliphatic rings. The van der Waals surface area contributed by atoms with E-state index in [4.69, 9.17) is 4.74 Å². The molecular weight excluding hydrogens is 317 g/mol. The molecule has 24 heavy (non-hydrogen) atoms. The number of hydrogen-bond acceptors (Lipinski definition) is 3. The lowest BCUT2D eigenvalue weighted by molar-refractivity contribution is -0.173. The van der Waals surface area contributed by atoms with Crippen molar-refractivity contribution in [2.24, 2.45) is 11.3 Å². The van der Waals surface area contributed by atoms with Crippen molar-refractivity contribution in [3.05, 3.63) is 24.0 Å². The summed E-state index contributed by atoms with van der Waals surface area (Å²) in [5, 5.41) is 2.92. The van der Waals surface area contributed by atoms with Gasteiger partial charge in [-0.15, -0.1) is 0 Å². The van der Waals surface area contributed by atoms with Crippen molar-refractivity contribution in [2.75, 3.05) is 13.2 Å². The lowest BCUT2D eigenvalue weighted by Crippen LogP contribution is -2.43. The van der Waals surface area contributed by atoms with E-state index in [-0.39, 0.29) is 23.9 Å². The zero-order valence-corrected chi connectivity index (χ0v) is 15.4. The highest BCUT2D eigenvalue weighted by atomic mass is 19.4. The van der Waals surface area contributed by atoms with Crippen LogP contribution in [0.3, 0.4) is 0 Å². The lowest BCUT2D eigenvalue weighted by atomic mass is 9.99. The minimum atomic E-state index is -4.26. The molecule has 0 spiro atoms. The van der Waals surface area contributed by atoms with Gasteiger partial charge in [0.15, 0.2) is 0 Å². The normalized spacial score (nSPS) is 14.5. The number of nitrogens with one attached hydrogen (secondary N) is 1. The molecule has 0 bridgehead atoms. The Bertz CT molecular complexity index is 499. The average molecular weight is 346 g/mol. The maximum absolute atomic E-state index is 13.2. The number of ether oxygens (including phenoxy) is 1. The quantitative estimate of drug-likeness (QED) is 0.816. The predicted octanol–water partition coefficient (Wildman–Crippen LogP) is 4.62. The lowest BCUT2D eigenvalue weighted by Gasteiger charge is -2.26. The Labute approximate surface area is 143 Å². The molecule has 0 aromatic carbocycles. The summed E-state index contributed by atoms with van der Waals surface area (Å²) in [5.74, 6) is -0.893. The first kappa shape index (κ1) is 20.7. The van der Waals surface area contributed by atoms with Crippen molar-refractivity contribution in [2.45, 2.75) is 59.7 Å². The zero-order chi connectivity index (χ0) is 18.6. The van der Waals surface area contributed by atoms with Crippen molar-refractivity contribution in [3.8, 4) is 5.75 Å².